The van der Waals surface area contributed by atoms with Crippen molar-refractivity contribution in [3.8, 4) is 34.7 Å². The minimum Gasteiger partial charge on any atom is -0.477 e. The van der Waals surface area contributed by atoms with Crippen molar-refractivity contribution in [1.82, 2.24) is 4.98 Å². The maximum atomic E-state index is 13.9. The number of rotatable bonds is 8. The molecule has 0 saturated heterocycles. The summed E-state index contributed by atoms with van der Waals surface area (Å²) in [7, 11) is -2.01. The number of pyridine rings is 1. The lowest BCUT2D eigenvalue weighted by Gasteiger charge is -2.35. The molecule has 0 fully saturated rings. The van der Waals surface area contributed by atoms with E-state index >= 15 is 0 Å². The minimum absolute atomic E-state index is 0.0991. The molecular weight excluding hydrogens is 480 g/mol. The number of carboxylic acids is 1. The Morgan fingerprint density at radius 3 is 2.19 bits per heavy atom. The van der Waals surface area contributed by atoms with Gasteiger partial charge in [0.2, 0.25) is 0 Å². The highest BCUT2D eigenvalue weighted by atomic mass is 31.1. The molecule has 0 amide bonds. The molecule has 8 heteroatoms. The molecule has 0 bridgehead atoms. The zero-order chi connectivity index (χ0) is 26.8. The van der Waals surface area contributed by atoms with Crippen molar-refractivity contribution >= 4 is 14.0 Å². The van der Waals surface area contributed by atoms with Gasteiger partial charge in [-0.3, -0.25) is 4.98 Å². The summed E-state index contributed by atoms with van der Waals surface area (Å²) >= 11 is 0. The minimum atomic E-state index is -3.08. The Labute approximate surface area is 211 Å². The van der Waals surface area contributed by atoms with Crippen LogP contribution in [0.15, 0.2) is 54.6 Å². The number of benzene rings is 2. The van der Waals surface area contributed by atoms with Crippen LogP contribution in [-0.2, 0) is 19.5 Å². The molecule has 3 atom stereocenters. The molecule has 1 aromatic heterocycles. The molecule has 0 aliphatic heterocycles. The van der Waals surface area contributed by atoms with Crippen LogP contribution in [0.25, 0.3) is 22.4 Å². The molecule has 3 aromatic rings. The number of terminal acetylenes is 1. The zero-order valence-corrected chi connectivity index (χ0v) is 21.6. The van der Waals surface area contributed by atoms with Gasteiger partial charge in [-0.05, 0) is 59.1 Å². The van der Waals surface area contributed by atoms with Gasteiger partial charge in [0.15, 0.2) is 5.60 Å². The number of hydrogen-bond donors (Lipinski definition) is 2. The first-order valence-electron chi connectivity index (χ1n) is 11.2. The number of carbonyl (C=O) groups is 1. The van der Waals surface area contributed by atoms with Crippen LogP contribution >= 0.6 is 8.03 Å². The van der Waals surface area contributed by atoms with Gasteiger partial charge in [0.05, 0.1) is 18.5 Å². The van der Waals surface area contributed by atoms with Crippen LogP contribution < -0.4 is 0 Å². The number of nitrogens with zero attached hydrogens (tertiary/aromatic N) is 1. The van der Waals surface area contributed by atoms with E-state index in [4.69, 9.17) is 15.9 Å². The average molecular weight is 509 g/mol. The fourth-order valence-electron chi connectivity index (χ4n) is 4.50. The van der Waals surface area contributed by atoms with Crippen LogP contribution in [0.1, 0.15) is 43.5 Å². The van der Waals surface area contributed by atoms with Gasteiger partial charge in [-0.1, -0.05) is 56.3 Å². The predicted molar refractivity (Wildman–Crippen MR) is 137 cm³/mol. The molecule has 2 N–H and O–H groups in total. The summed E-state index contributed by atoms with van der Waals surface area (Å²) < 4.78 is 31.8. The van der Waals surface area contributed by atoms with Crippen LogP contribution in [-0.4, -0.2) is 33.4 Å². The van der Waals surface area contributed by atoms with Crippen molar-refractivity contribution < 1.29 is 28.5 Å². The molecule has 3 rings (SSSR count). The molecule has 0 aliphatic carbocycles. The molecular formula is C28H28FNO5P+. The molecule has 2 aromatic carbocycles. The van der Waals surface area contributed by atoms with Gasteiger partial charge in [-0.2, -0.15) is 0 Å². The molecule has 186 valence electrons. The fraction of sp³-hybridized carbons (Fsp3) is 0.286. The molecule has 0 aliphatic rings. The van der Waals surface area contributed by atoms with E-state index in [0.717, 1.165) is 12.7 Å². The zero-order valence-electron chi connectivity index (χ0n) is 20.7. The van der Waals surface area contributed by atoms with Crippen molar-refractivity contribution in [2.45, 2.75) is 44.4 Å². The summed E-state index contributed by atoms with van der Waals surface area (Å²) in [6, 6.07) is 15.0. The van der Waals surface area contributed by atoms with Crippen molar-refractivity contribution in [2.75, 3.05) is 7.11 Å². The lowest BCUT2D eigenvalue weighted by molar-refractivity contribution is -0.145. The Morgan fingerprint density at radius 2 is 1.72 bits per heavy atom. The lowest BCUT2D eigenvalue weighted by atomic mass is 9.74. The Kier molecular flexibility index (Phi) is 7.76. The smallest absolute Gasteiger partial charge is 0.477 e. The van der Waals surface area contributed by atoms with Gasteiger partial charge in [0, 0.05) is 11.1 Å². The number of aliphatic hydroxyl groups is 1. The third kappa shape index (κ3) is 4.33. The number of hydrogen-bond acceptors (Lipinski definition) is 5. The van der Waals surface area contributed by atoms with Gasteiger partial charge in [-0.25, -0.2) is 9.18 Å². The van der Waals surface area contributed by atoms with E-state index in [9.17, 15) is 24.0 Å². The summed E-state index contributed by atoms with van der Waals surface area (Å²) in [5.41, 5.74) is 1.01. The van der Waals surface area contributed by atoms with E-state index in [0.29, 0.717) is 28.1 Å². The van der Waals surface area contributed by atoms with Crippen molar-refractivity contribution in [2.24, 2.45) is 0 Å². The van der Waals surface area contributed by atoms with Crippen LogP contribution in [0.3, 0.4) is 0 Å². The third-order valence-electron chi connectivity index (χ3n) is 6.34. The second kappa shape index (κ2) is 10.3. The first-order chi connectivity index (χ1) is 16.9. The summed E-state index contributed by atoms with van der Waals surface area (Å²) in [4.78, 5) is 17.5. The topological polar surface area (TPSA) is 96.7 Å². The molecule has 3 unspecified atom stereocenters. The lowest BCUT2D eigenvalue weighted by Crippen LogP contribution is -2.53. The van der Waals surface area contributed by atoms with Crippen LogP contribution in [0.5, 0.6) is 0 Å². The van der Waals surface area contributed by atoms with Crippen molar-refractivity contribution in [1.29, 1.82) is 0 Å². The van der Waals surface area contributed by atoms with Crippen LogP contribution in [0.2, 0.25) is 0 Å². The second-order valence-corrected chi connectivity index (χ2v) is 10.5. The van der Waals surface area contributed by atoms with E-state index in [1.165, 1.54) is 31.2 Å². The van der Waals surface area contributed by atoms with Gasteiger partial charge < -0.3 is 10.2 Å². The van der Waals surface area contributed by atoms with Gasteiger partial charge in [0.25, 0.3) is 0 Å². The molecule has 1 heterocycles. The Balaban J connectivity index is 2.59. The van der Waals surface area contributed by atoms with E-state index in [2.05, 4.69) is 5.92 Å². The van der Waals surface area contributed by atoms with Crippen LogP contribution in [0, 0.1) is 25.1 Å². The van der Waals surface area contributed by atoms with Crippen LogP contribution in [0.4, 0.5) is 4.39 Å². The normalized spacial score (nSPS) is 15.0. The Hall–Kier alpha value is -3.43. The summed E-state index contributed by atoms with van der Waals surface area (Å²) in [6.45, 7) is 6.68. The highest BCUT2D eigenvalue weighted by molar-refractivity contribution is 7.43. The maximum Gasteiger partial charge on any atom is 0.543 e. The standard InChI is InChI=1S/C28H27FNO5P/c1-7-28(26(31)32,36(34)35-6)27(5,33)23-22(19-13-15-21(29)16-14-19)18(4)25(30-24(23)17(2)3)20-11-9-8-10-12-20/h1,8-17,33H,2-6H3/p+1. The summed E-state index contributed by atoms with van der Waals surface area (Å²) in [6.07, 6.45) is 5.68. The molecule has 36 heavy (non-hydrogen) atoms. The van der Waals surface area contributed by atoms with E-state index in [-0.39, 0.29) is 11.5 Å². The van der Waals surface area contributed by atoms with Gasteiger partial charge in [0.1, 0.15) is 5.82 Å². The SMILES string of the molecule is C#CC(C(=O)O)([P+](=O)OC)C(C)(O)c1c(C(C)C)nc(-c2ccccc2)c(C)c1-c1ccc(F)cc1. The quantitative estimate of drug-likeness (QED) is 0.285. The first-order valence-corrected chi connectivity index (χ1v) is 12.4. The molecule has 6 nitrogen and oxygen atoms in total. The van der Waals surface area contributed by atoms with E-state index in [1.807, 2.05) is 44.2 Å². The maximum absolute atomic E-state index is 13.9. The first kappa shape index (κ1) is 27.2. The van der Waals surface area contributed by atoms with Crippen molar-refractivity contribution in [3.63, 3.8) is 0 Å². The Morgan fingerprint density at radius 1 is 1.14 bits per heavy atom. The monoisotopic (exact) mass is 508 g/mol. The summed E-state index contributed by atoms with van der Waals surface area (Å²) in [5.74, 6) is -0.368. The molecule has 0 saturated carbocycles. The van der Waals surface area contributed by atoms with E-state index in [1.54, 1.807) is 6.92 Å². The Bertz CT molecular complexity index is 1350. The third-order valence-corrected chi connectivity index (χ3v) is 7.98. The number of carboxylic acid groups (broad SMARTS) is 1. The average Bonchev–Trinajstić information content (AvgIpc) is 2.84. The second-order valence-electron chi connectivity index (χ2n) is 8.92. The van der Waals surface area contributed by atoms with Gasteiger partial charge in [-0.15, -0.1) is 10.9 Å². The number of halogens is 1. The van der Waals surface area contributed by atoms with E-state index < -0.39 is 30.6 Å². The highest BCUT2D eigenvalue weighted by Crippen LogP contribution is 2.55. The van der Waals surface area contributed by atoms with Crippen molar-refractivity contribution in [3.05, 3.63) is 77.2 Å². The molecule has 0 radical (unpaired) electrons. The summed E-state index contributed by atoms with van der Waals surface area (Å²) in [5, 5.41) is 19.7. The largest absolute Gasteiger partial charge is 0.543 e. The molecule has 0 spiro atoms. The fourth-order valence-corrected chi connectivity index (χ4v) is 5.50. The highest BCUT2D eigenvalue weighted by Gasteiger charge is 2.71. The number of aliphatic carboxylic acids is 1. The predicted octanol–water partition coefficient (Wildman–Crippen LogP) is 6.04. The van der Waals surface area contributed by atoms with Gasteiger partial charge >= 0.3 is 19.2 Å². The number of aromatic nitrogens is 1.